The SMILES string of the molecule is CC(C)C(=O)O[C@@H]1CC[C@@]2(C)C(CC[C@H]3[C@@H]4CC[C@H]([C@H](C)CCC(=O)O)[C@@]4(C)CC[C@@H]32)C1. The molecule has 0 amide bonds. The normalized spacial score (nSPS) is 44.3. The Balaban J connectivity index is 1.44. The van der Waals surface area contributed by atoms with Gasteiger partial charge in [0.1, 0.15) is 6.10 Å². The van der Waals surface area contributed by atoms with Crippen LogP contribution in [-0.2, 0) is 14.3 Å². The second-order valence-electron chi connectivity index (χ2n) is 12.8. The number of esters is 1. The van der Waals surface area contributed by atoms with Gasteiger partial charge < -0.3 is 9.84 Å². The van der Waals surface area contributed by atoms with Crippen molar-refractivity contribution in [1.29, 1.82) is 0 Å². The van der Waals surface area contributed by atoms with Gasteiger partial charge in [0.2, 0.25) is 0 Å². The van der Waals surface area contributed by atoms with Crippen LogP contribution in [0.2, 0.25) is 0 Å². The van der Waals surface area contributed by atoms with E-state index in [0.717, 1.165) is 37.0 Å². The molecular weight excluding hydrogens is 400 g/mol. The van der Waals surface area contributed by atoms with Crippen LogP contribution in [0.15, 0.2) is 0 Å². The van der Waals surface area contributed by atoms with Crippen LogP contribution in [-0.4, -0.2) is 23.1 Å². The highest BCUT2D eigenvalue weighted by molar-refractivity contribution is 5.71. The Morgan fingerprint density at radius 1 is 0.938 bits per heavy atom. The number of rotatable bonds is 6. The number of carbonyl (C=O) groups excluding carboxylic acids is 1. The molecule has 4 heteroatoms. The Labute approximate surface area is 195 Å². The molecule has 4 aliphatic rings. The lowest BCUT2D eigenvalue weighted by atomic mass is 9.44. The number of ether oxygens (including phenoxy) is 1. The molecule has 182 valence electrons. The molecule has 1 N–H and O–H groups in total. The van der Waals surface area contributed by atoms with Crippen molar-refractivity contribution >= 4 is 11.9 Å². The minimum atomic E-state index is -0.652. The van der Waals surface area contributed by atoms with Crippen LogP contribution < -0.4 is 0 Å². The van der Waals surface area contributed by atoms with Crippen molar-refractivity contribution in [3.05, 3.63) is 0 Å². The van der Waals surface area contributed by atoms with E-state index in [1.807, 2.05) is 13.8 Å². The standard InChI is InChI=1S/C28H46O4/c1-17(2)26(31)32-20-12-14-27(4)19(16-20)7-8-21-23-10-9-22(18(3)6-11-25(29)30)28(23,5)15-13-24(21)27/h17-24H,6-16H2,1-5H3,(H,29,30)/t18-,19?,20-,21+,22-,23+,24+,27+,28-/m1/s1. The molecule has 0 bridgehead atoms. The molecule has 0 aromatic rings. The summed E-state index contributed by atoms with van der Waals surface area (Å²) in [6.07, 6.45) is 12.5. The number of carboxylic acids is 1. The highest BCUT2D eigenvalue weighted by Crippen LogP contribution is 2.68. The molecule has 4 nitrogen and oxygen atoms in total. The molecule has 0 aliphatic heterocycles. The second-order valence-corrected chi connectivity index (χ2v) is 12.8. The van der Waals surface area contributed by atoms with Gasteiger partial charge in [0.15, 0.2) is 0 Å². The first-order valence-corrected chi connectivity index (χ1v) is 13.5. The van der Waals surface area contributed by atoms with E-state index in [0.29, 0.717) is 35.0 Å². The fourth-order valence-electron chi connectivity index (χ4n) is 9.15. The number of hydrogen-bond donors (Lipinski definition) is 1. The molecule has 1 unspecified atom stereocenters. The van der Waals surface area contributed by atoms with Gasteiger partial charge in [0.25, 0.3) is 0 Å². The van der Waals surface area contributed by atoms with E-state index < -0.39 is 5.97 Å². The van der Waals surface area contributed by atoms with Gasteiger partial charge in [-0.2, -0.15) is 0 Å². The van der Waals surface area contributed by atoms with Gasteiger partial charge in [-0.1, -0.05) is 34.6 Å². The summed E-state index contributed by atoms with van der Waals surface area (Å²) in [5.74, 6) is 3.63. The molecule has 0 heterocycles. The quantitative estimate of drug-likeness (QED) is 0.460. The smallest absolute Gasteiger partial charge is 0.308 e. The summed E-state index contributed by atoms with van der Waals surface area (Å²) >= 11 is 0. The molecule has 4 fully saturated rings. The number of carbonyl (C=O) groups is 2. The van der Waals surface area contributed by atoms with Crippen LogP contribution in [0.4, 0.5) is 0 Å². The van der Waals surface area contributed by atoms with E-state index in [2.05, 4.69) is 20.8 Å². The highest BCUT2D eigenvalue weighted by atomic mass is 16.5. The van der Waals surface area contributed by atoms with Crippen LogP contribution in [0.5, 0.6) is 0 Å². The third-order valence-electron chi connectivity index (χ3n) is 10.9. The number of aliphatic carboxylic acids is 1. The van der Waals surface area contributed by atoms with E-state index in [1.54, 1.807) is 0 Å². The number of carboxylic acid groups (broad SMARTS) is 1. The number of fused-ring (bicyclic) bond motifs is 5. The van der Waals surface area contributed by atoms with Crippen LogP contribution >= 0.6 is 0 Å². The van der Waals surface area contributed by atoms with Crippen molar-refractivity contribution in [3.63, 3.8) is 0 Å². The first kappa shape index (κ1) is 24.1. The monoisotopic (exact) mass is 446 g/mol. The van der Waals surface area contributed by atoms with Crippen molar-refractivity contribution in [2.24, 2.45) is 52.3 Å². The third-order valence-corrected chi connectivity index (χ3v) is 10.9. The van der Waals surface area contributed by atoms with E-state index >= 15 is 0 Å². The van der Waals surface area contributed by atoms with Gasteiger partial charge in [0, 0.05) is 6.42 Å². The molecule has 0 saturated heterocycles. The third kappa shape index (κ3) is 4.13. The maximum atomic E-state index is 12.2. The summed E-state index contributed by atoms with van der Waals surface area (Å²) in [5, 5.41) is 9.16. The Hall–Kier alpha value is -1.06. The summed E-state index contributed by atoms with van der Waals surface area (Å²) < 4.78 is 5.87. The average Bonchev–Trinajstić information content (AvgIpc) is 3.09. The van der Waals surface area contributed by atoms with Crippen molar-refractivity contribution < 1.29 is 19.4 Å². The summed E-state index contributed by atoms with van der Waals surface area (Å²) in [6, 6.07) is 0. The van der Waals surface area contributed by atoms with E-state index in [4.69, 9.17) is 9.84 Å². The zero-order valence-corrected chi connectivity index (χ0v) is 21.1. The molecule has 9 atom stereocenters. The van der Waals surface area contributed by atoms with E-state index in [1.165, 1.54) is 44.9 Å². The maximum absolute atomic E-state index is 12.2. The van der Waals surface area contributed by atoms with Crippen LogP contribution in [0.3, 0.4) is 0 Å². The molecule has 0 aromatic carbocycles. The van der Waals surface area contributed by atoms with E-state index in [-0.39, 0.29) is 18.0 Å². The molecule has 0 spiro atoms. The highest BCUT2D eigenvalue weighted by Gasteiger charge is 2.60. The number of hydrogen-bond acceptors (Lipinski definition) is 3. The van der Waals surface area contributed by atoms with Gasteiger partial charge in [-0.3, -0.25) is 9.59 Å². The first-order chi connectivity index (χ1) is 15.1. The molecule has 32 heavy (non-hydrogen) atoms. The zero-order valence-electron chi connectivity index (χ0n) is 21.1. The second kappa shape index (κ2) is 8.95. The van der Waals surface area contributed by atoms with Crippen LogP contribution in [0.1, 0.15) is 105 Å². The van der Waals surface area contributed by atoms with Crippen molar-refractivity contribution in [2.75, 3.05) is 0 Å². The van der Waals surface area contributed by atoms with Crippen molar-refractivity contribution in [2.45, 2.75) is 111 Å². The molecule has 4 rings (SSSR count). The van der Waals surface area contributed by atoms with Crippen LogP contribution in [0, 0.1) is 52.3 Å². The van der Waals surface area contributed by atoms with Gasteiger partial charge in [-0.05, 0) is 111 Å². The Bertz CT molecular complexity index is 716. The van der Waals surface area contributed by atoms with Crippen molar-refractivity contribution in [3.8, 4) is 0 Å². The lowest BCUT2D eigenvalue weighted by molar-refractivity contribution is -0.165. The molecule has 4 saturated carbocycles. The summed E-state index contributed by atoms with van der Waals surface area (Å²) in [7, 11) is 0. The lowest BCUT2D eigenvalue weighted by Gasteiger charge is -2.61. The average molecular weight is 447 g/mol. The summed E-state index contributed by atoms with van der Waals surface area (Å²) in [5.41, 5.74) is 0.796. The Morgan fingerprint density at radius 2 is 1.62 bits per heavy atom. The van der Waals surface area contributed by atoms with Gasteiger partial charge in [-0.15, -0.1) is 0 Å². The zero-order chi connectivity index (χ0) is 23.3. The minimum absolute atomic E-state index is 0.0327. The van der Waals surface area contributed by atoms with Gasteiger partial charge in [0.05, 0.1) is 5.92 Å². The summed E-state index contributed by atoms with van der Waals surface area (Å²) in [4.78, 5) is 23.3. The predicted octanol–water partition coefficient (Wildman–Crippen LogP) is 6.71. The summed E-state index contributed by atoms with van der Waals surface area (Å²) in [6.45, 7) is 11.3. The molecule has 4 aliphatic carbocycles. The Kier molecular flexibility index (Phi) is 6.73. The fraction of sp³-hybridized carbons (Fsp3) is 0.929. The molecular formula is C28H46O4. The largest absolute Gasteiger partial charge is 0.481 e. The van der Waals surface area contributed by atoms with Gasteiger partial charge in [-0.25, -0.2) is 0 Å². The van der Waals surface area contributed by atoms with Crippen molar-refractivity contribution in [1.82, 2.24) is 0 Å². The Morgan fingerprint density at radius 3 is 2.31 bits per heavy atom. The minimum Gasteiger partial charge on any atom is -0.481 e. The van der Waals surface area contributed by atoms with Crippen LogP contribution in [0.25, 0.3) is 0 Å². The maximum Gasteiger partial charge on any atom is 0.308 e. The lowest BCUT2D eigenvalue weighted by Crippen LogP contribution is -2.54. The molecule has 0 radical (unpaired) electrons. The predicted molar refractivity (Wildman–Crippen MR) is 126 cm³/mol. The first-order valence-electron chi connectivity index (χ1n) is 13.5. The fourth-order valence-corrected chi connectivity index (χ4v) is 9.15. The van der Waals surface area contributed by atoms with Gasteiger partial charge >= 0.3 is 11.9 Å². The topological polar surface area (TPSA) is 63.6 Å². The van der Waals surface area contributed by atoms with E-state index in [9.17, 15) is 9.59 Å². The molecule has 0 aromatic heterocycles.